The molecule has 0 aromatic heterocycles. The molecular formula is C17H14O3. The van der Waals surface area contributed by atoms with Crippen molar-refractivity contribution < 1.29 is 14.3 Å². The van der Waals surface area contributed by atoms with E-state index in [0.717, 1.165) is 11.8 Å². The number of benzene rings is 2. The zero-order valence-electron chi connectivity index (χ0n) is 10.9. The van der Waals surface area contributed by atoms with Crippen LogP contribution in [-0.4, -0.2) is 12.3 Å². The minimum Gasteiger partial charge on any atom is -0.458 e. The monoisotopic (exact) mass is 266 g/mol. The molecule has 0 fully saturated rings. The molecule has 0 saturated heterocycles. The molecule has 2 aromatic rings. The molecule has 0 saturated carbocycles. The molecule has 2 rings (SSSR count). The zero-order valence-corrected chi connectivity index (χ0v) is 10.9. The van der Waals surface area contributed by atoms with E-state index in [4.69, 9.17) is 4.74 Å². The highest BCUT2D eigenvalue weighted by Gasteiger charge is 2.00. The number of hydrogen-bond acceptors (Lipinski definition) is 3. The summed E-state index contributed by atoms with van der Waals surface area (Å²) in [7, 11) is 0. The Morgan fingerprint density at radius 3 is 2.30 bits per heavy atom. The van der Waals surface area contributed by atoms with E-state index in [9.17, 15) is 9.59 Å². The van der Waals surface area contributed by atoms with Crippen molar-refractivity contribution in [2.75, 3.05) is 0 Å². The third-order valence-electron chi connectivity index (χ3n) is 2.75. The third-order valence-corrected chi connectivity index (χ3v) is 2.75. The highest BCUT2D eigenvalue weighted by atomic mass is 16.5. The van der Waals surface area contributed by atoms with Gasteiger partial charge in [0.1, 0.15) is 6.61 Å². The molecule has 0 spiro atoms. The Labute approximate surface area is 117 Å². The predicted octanol–water partition coefficient (Wildman–Crippen LogP) is 3.26. The predicted molar refractivity (Wildman–Crippen MR) is 77.1 cm³/mol. The number of ether oxygens (including phenoxy) is 1. The lowest BCUT2D eigenvalue weighted by Crippen LogP contribution is -2.00. The van der Waals surface area contributed by atoms with E-state index in [0.29, 0.717) is 11.1 Å². The maximum Gasteiger partial charge on any atom is 0.331 e. The van der Waals surface area contributed by atoms with Gasteiger partial charge in [-0.05, 0) is 17.2 Å². The van der Waals surface area contributed by atoms with Crippen molar-refractivity contribution in [1.29, 1.82) is 0 Å². The number of hydrogen-bond donors (Lipinski definition) is 0. The van der Waals surface area contributed by atoms with Crippen LogP contribution in [0.2, 0.25) is 0 Å². The van der Waals surface area contributed by atoms with E-state index in [-0.39, 0.29) is 6.61 Å². The second-order valence-corrected chi connectivity index (χ2v) is 4.17. The normalized spacial score (nSPS) is 10.4. The van der Waals surface area contributed by atoms with Crippen LogP contribution in [0, 0.1) is 0 Å². The first-order valence-corrected chi connectivity index (χ1v) is 6.22. The minimum atomic E-state index is -0.436. The largest absolute Gasteiger partial charge is 0.458 e. The van der Waals surface area contributed by atoms with Gasteiger partial charge < -0.3 is 4.74 Å². The van der Waals surface area contributed by atoms with Gasteiger partial charge in [0.15, 0.2) is 6.29 Å². The van der Waals surface area contributed by atoms with Gasteiger partial charge in [-0.25, -0.2) is 4.79 Å². The summed E-state index contributed by atoms with van der Waals surface area (Å²) in [5.74, 6) is -0.436. The van der Waals surface area contributed by atoms with Gasteiger partial charge in [0.05, 0.1) is 0 Å². The average molecular weight is 266 g/mol. The highest BCUT2D eigenvalue weighted by Crippen LogP contribution is 2.08. The van der Waals surface area contributed by atoms with E-state index in [1.807, 2.05) is 36.4 Å². The fourth-order valence-corrected chi connectivity index (χ4v) is 1.70. The van der Waals surface area contributed by atoms with Gasteiger partial charge in [0.2, 0.25) is 0 Å². The molecular weight excluding hydrogens is 252 g/mol. The highest BCUT2D eigenvalue weighted by molar-refractivity contribution is 5.90. The van der Waals surface area contributed by atoms with Gasteiger partial charge in [-0.3, -0.25) is 4.79 Å². The first-order chi connectivity index (χ1) is 9.79. The Kier molecular flexibility index (Phi) is 4.84. The molecule has 0 amide bonds. The molecule has 0 unspecified atom stereocenters. The molecule has 0 aliphatic heterocycles. The van der Waals surface area contributed by atoms with Gasteiger partial charge in [0, 0.05) is 11.6 Å². The molecule has 3 heteroatoms. The zero-order chi connectivity index (χ0) is 14.2. The van der Waals surface area contributed by atoms with Gasteiger partial charge in [-0.15, -0.1) is 0 Å². The summed E-state index contributed by atoms with van der Waals surface area (Å²) in [4.78, 5) is 22.4. The second-order valence-electron chi connectivity index (χ2n) is 4.17. The van der Waals surface area contributed by atoms with E-state index in [1.165, 1.54) is 6.08 Å². The van der Waals surface area contributed by atoms with Crippen molar-refractivity contribution in [2.24, 2.45) is 0 Å². The van der Waals surface area contributed by atoms with Crippen molar-refractivity contribution in [3.63, 3.8) is 0 Å². The van der Waals surface area contributed by atoms with Crippen LogP contribution in [0.5, 0.6) is 0 Å². The summed E-state index contributed by atoms with van der Waals surface area (Å²) in [6.07, 6.45) is 3.66. The topological polar surface area (TPSA) is 43.4 Å². The maximum atomic E-state index is 11.6. The molecule has 0 atom stereocenters. The smallest absolute Gasteiger partial charge is 0.331 e. The van der Waals surface area contributed by atoms with Crippen LogP contribution in [0.15, 0.2) is 60.7 Å². The number of esters is 1. The van der Waals surface area contributed by atoms with E-state index in [2.05, 4.69) is 0 Å². The lowest BCUT2D eigenvalue weighted by molar-refractivity contribution is -0.138. The van der Waals surface area contributed by atoms with Crippen molar-refractivity contribution in [1.82, 2.24) is 0 Å². The lowest BCUT2D eigenvalue weighted by atomic mass is 10.1. The number of rotatable bonds is 5. The molecule has 0 heterocycles. The molecule has 20 heavy (non-hydrogen) atoms. The summed E-state index contributed by atoms with van der Waals surface area (Å²) in [5, 5.41) is 0. The van der Waals surface area contributed by atoms with Crippen molar-refractivity contribution in [3.05, 3.63) is 77.4 Å². The van der Waals surface area contributed by atoms with Crippen LogP contribution >= 0.6 is 0 Å². The first kappa shape index (κ1) is 13.7. The van der Waals surface area contributed by atoms with Crippen LogP contribution < -0.4 is 0 Å². The Balaban J connectivity index is 1.94. The molecule has 0 bridgehead atoms. The SMILES string of the molecule is O=Cc1ccccc1/C=C/C(=O)OCc1ccccc1. The number of carbonyl (C=O) groups is 2. The summed E-state index contributed by atoms with van der Waals surface area (Å²) < 4.78 is 5.11. The Hall–Kier alpha value is -2.68. The maximum absolute atomic E-state index is 11.6. The molecule has 2 aromatic carbocycles. The fraction of sp³-hybridized carbons (Fsp3) is 0.0588. The standard InChI is InChI=1S/C17H14O3/c18-12-16-9-5-4-8-15(16)10-11-17(19)20-13-14-6-2-1-3-7-14/h1-12H,13H2/b11-10+. The van der Waals surface area contributed by atoms with E-state index in [1.54, 1.807) is 24.3 Å². The summed E-state index contributed by atoms with van der Waals surface area (Å²) in [6.45, 7) is 0.235. The van der Waals surface area contributed by atoms with Crippen LogP contribution in [-0.2, 0) is 16.1 Å². The van der Waals surface area contributed by atoms with Crippen LogP contribution in [0.4, 0.5) is 0 Å². The molecule has 100 valence electrons. The van der Waals surface area contributed by atoms with Crippen molar-refractivity contribution in [3.8, 4) is 0 Å². The Morgan fingerprint density at radius 2 is 1.60 bits per heavy atom. The quantitative estimate of drug-likeness (QED) is 0.474. The van der Waals surface area contributed by atoms with E-state index >= 15 is 0 Å². The fourth-order valence-electron chi connectivity index (χ4n) is 1.70. The first-order valence-electron chi connectivity index (χ1n) is 6.22. The van der Waals surface area contributed by atoms with Crippen molar-refractivity contribution in [2.45, 2.75) is 6.61 Å². The van der Waals surface area contributed by atoms with Crippen LogP contribution in [0.1, 0.15) is 21.5 Å². The van der Waals surface area contributed by atoms with E-state index < -0.39 is 5.97 Å². The lowest BCUT2D eigenvalue weighted by Gasteiger charge is -2.02. The minimum absolute atomic E-state index is 0.235. The Bertz CT molecular complexity index is 615. The second kappa shape index (κ2) is 7.04. The number of carbonyl (C=O) groups excluding carboxylic acids is 2. The average Bonchev–Trinajstić information content (AvgIpc) is 2.52. The van der Waals surface area contributed by atoms with Gasteiger partial charge in [0.25, 0.3) is 0 Å². The van der Waals surface area contributed by atoms with Gasteiger partial charge in [-0.1, -0.05) is 54.6 Å². The van der Waals surface area contributed by atoms with Crippen molar-refractivity contribution >= 4 is 18.3 Å². The summed E-state index contributed by atoms with van der Waals surface area (Å²) >= 11 is 0. The Morgan fingerprint density at radius 1 is 0.950 bits per heavy atom. The number of aldehydes is 1. The molecule has 0 aliphatic carbocycles. The summed E-state index contributed by atoms with van der Waals surface area (Å²) in [6, 6.07) is 16.5. The summed E-state index contributed by atoms with van der Waals surface area (Å²) in [5.41, 5.74) is 2.17. The van der Waals surface area contributed by atoms with Gasteiger partial charge in [-0.2, -0.15) is 0 Å². The van der Waals surface area contributed by atoms with Crippen LogP contribution in [0.25, 0.3) is 6.08 Å². The van der Waals surface area contributed by atoms with Crippen LogP contribution in [0.3, 0.4) is 0 Å². The molecule has 0 aliphatic rings. The van der Waals surface area contributed by atoms with Gasteiger partial charge >= 0.3 is 5.97 Å². The molecule has 0 N–H and O–H groups in total. The third kappa shape index (κ3) is 3.92. The molecule has 3 nitrogen and oxygen atoms in total. The molecule has 0 radical (unpaired) electrons.